The average molecular weight is 281 g/mol. The second-order valence-corrected chi connectivity index (χ2v) is 5.72. The van der Waals surface area contributed by atoms with E-state index in [0.717, 1.165) is 32.7 Å². The van der Waals surface area contributed by atoms with Crippen LogP contribution in [0.5, 0.6) is 0 Å². The summed E-state index contributed by atoms with van der Waals surface area (Å²) in [5.41, 5.74) is 3.91. The average Bonchev–Trinajstić information content (AvgIpc) is 2.66. The van der Waals surface area contributed by atoms with Crippen molar-refractivity contribution in [3.8, 4) is 0 Å². The first-order chi connectivity index (χ1) is 9.60. The van der Waals surface area contributed by atoms with Gasteiger partial charge in [-0.25, -0.2) is 0 Å². The minimum absolute atomic E-state index is 0.700. The predicted molar refractivity (Wildman–Crippen MR) is 84.2 cm³/mol. The highest BCUT2D eigenvalue weighted by molar-refractivity contribution is 5.24. The minimum atomic E-state index is 0.700. The lowest BCUT2D eigenvalue weighted by Gasteiger charge is -2.12. The van der Waals surface area contributed by atoms with Crippen LogP contribution in [0.3, 0.4) is 0 Å². The summed E-state index contributed by atoms with van der Waals surface area (Å²) in [6, 6.07) is 0. The van der Waals surface area contributed by atoms with Gasteiger partial charge in [0.05, 0.1) is 12.3 Å². The Bertz CT molecular complexity index is 387. The van der Waals surface area contributed by atoms with E-state index in [1.807, 2.05) is 0 Å². The molecule has 1 atom stereocenters. The molecular formula is C16H31N3O. The molecule has 20 heavy (non-hydrogen) atoms. The highest BCUT2D eigenvalue weighted by atomic mass is 16.5. The van der Waals surface area contributed by atoms with Crippen LogP contribution >= 0.6 is 0 Å². The zero-order valence-electron chi connectivity index (χ0n) is 13.8. The molecule has 0 fully saturated rings. The van der Waals surface area contributed by atoms with Gasteiger partial charge in [-0.1, -0.05) is 20.3 Å². The van der Waals surface area contributed by atoms with E-state index < -0.39 is 0 Å². The standard InChI is InChI=1S/C16H31N3O/c1-6-7-13(2)12-19-15(4)16(14(3)18-19)8-9-17-10-11-20-5/h13,17H,6-12H2,1-5H3. The largest absolute Gasteiger partial charge is 0.383 e. The van der Waals surface area contributed by atoms with Crippen LogP contribution in [-0.4, -0.2) is 36.6 Å². The van der Waals surface area contributed by atoms with Crippen LogP contribution in [0.2, 0.25) is 0 Å². The molecule has 1 heterocycles. The molecule has 0 aliphatic rings. The van der Waals surface area contributed by atoms with E-state index in [2.05, 4.69) is 37.7 Å². The summed E-state index contributed by atoms with van der Waals surface area (Å²) in [7, 11) is 1.73. The fourth-order valence-corrected chi connectivity index (χ4v) is 2.67. The first kappa shape index (κ1) is 17.2. The zero-order valence-corrected chi connectivity index (χ0v) is 13.8. The van der Waals surface area contributed by atoms with Crippen molar-refractivity contribution < 1.29 is 4.74 Å². The number of methoxy groups -OCH3 is 1. The summed E-state index contributed by atoms with van der Waals surface area (Å²) in [6.07, 6.45) is 3.56. The molecule has 0 aliphatic carbocycles. The molecule has 1 aromatic rings. The second kappa shape index (κ2) is 9.14. The lowest BCUT2D eigenvalue weighted by molar-refractivity contribution is 0.199. The molecule has 0 saturated heterocycles. The first-order valence-electron chi connectivity index (χ1n) is 7.82. The summed E-state index contributed by atoms with van der Waals surface area (Å²) >= 11 is 0. The van der Waals surface area contributed by atoms with Gasteiger partial charge in [0.1, 0.15) is 0 Å². The number of aryl methyl sites for hydroxylation is 1. The Morgan fingerprint density at radius 3 is 2.70 bits per heavy atom. The third kappa shape index (κ3) is 5.25. The maximum Gasteiger partial charge on any atom is 0.0628 e. The third-order valence-corrected chi connectivity index (χ3v) is 3.83. The predicted octanol–water partition coefficient (Wildman–Crippen LogP) is 2.71. The molecule has 1 aromatic heterocycles. The van der Waals surface area contributed by atoms with Crippen LogP contribution in [0.4, 0.5) is 0 Å². The van der Waals surface area contributed by atoms with E-state index in [1.165, 1.54) is 29.8 Å². The summed E-state index contributed by atoms with van der Waals surface area (Å²) in [5, 5.41) is 8.11. The number of hydrogen-bond donors (Lipinski definition) is 1. The summed E-state index contributed by atoms with van der Waals surface area (Å²) in [6.45, 7) is 12.6. The molecule has 0 radical (unpaired) electrons. The molecule has 0 amide bonds. The molecule has 1 rings (SSSR count). The Kier molecular flexibility index (Phi) is 7.85. The molecule has 0 aliphatic heterocycles. The zero-order chi connectivity index (χ0) is 15.0. The lowest BCUT2D eigenvalue weighted by atomic mass is 10.1. The van der Waals surface area contributed by atoms with Crippen molar-refractivity contribution >= 4 is 0 Å². The maximum atomic E-state index is 5.03. The topological polar surface area (TPSA) is 39.1 Å². The Balaban J connectivity index is 2.53. The maximum absolute atomic E-state index is 5.03. The SMILES string of the molecule is CCCC(C)Cn1nc(C)c(CCNCCOC)c1C. The number of nitrogens with zero attached hydrogens (tertiary/aromatic N) is 2. The van der Waals surface area contributed by atoms with Crippen molar-refractivity contribution in [1.29, 1.82) is 0 Å². The van der Waals surface area contributed by atoms with Crippen molar-refractivity contribution in [2.24, 2.45) is 5.92 Å². The van der Waals surface area contributed by atoms with Gasteiger partial charge in [-0.05, 0) is 44.7 Å². The van der Waals surface area contributed by atoms with Gasteiger partial charge in [0.25, 0.3) is 0 Å². The van der Waals surface area contributed by atoms with Gasteiger partial charge in [0.15, 0.2) is 0 Å². The summed E-state index contributed by atoms with van der Waals surface area (Å²) in [5.74, 6) is 0.700. The Morgan fingerprint density at radius 1 is 1.30 bits per heavy atom. The highest BCUT2D eigenvalue weighted by Gasteiger charge is 2.12. The van der Waals surface area contributed by atoms with Gasteiger partial charge in [0, 0.05) is 25.9 Å². The Labute approximate surface area is 123 Å². The van der Waals surface area contributed by atoms with Crippen LogP contribution in [0, 0.1) is 19.8 Å². The molecular weight excluding hydrogens is 250 g/mol. The number of rotatable bonds is 10. The molecule has 4 nitrogen and oxygen atoms in total. The van der Waals surface area contributed by atoms with Crippen molar-refractivity contribution in [3.05, 3.63) is 17.0 Å². The molecule has 1 unspecified atom stereocenters. The van der Waals surface area contributed by atoms with Gasteiger partial charge in [-0.3, -0.25) is 4.68 Å². The minimum Gasteiger partial charge on any atom is -0.383 e. The molecule has 4 heteroatoms. The molecule has 116 valence electrons. The van der Waals surface area contributed by atoms with E-state index in [-0.39, 0.29) is 0 Å². The van der Waals surface area contributed by atoms with Crippen molar-refractivity contribution in [2.45, 2.75) is 53.5 Å². The molecule has 0 saturated carbocycles. The van der Waals surface area contributed by atoms with E-state index >= 15 is 0 Å². The van der Waals surface area contributed by atoms with Crippen LogP contribution < -0.4 is 5.32 Å². The van der Waals surface area contributed by atoms with Crippen LogP contribution in [0.1, 0.15) is 43.6 Å². The number of aromatic nitrogens is 2. The highest BCUT2D eigenvalue weighted by Crippen LogP contribution is 2.16. The number of nitrogens with one attached hydrogen (secondary N) is 1. The molecule has 0 aromatic carbocycles. The van der Waals surface area contributed by atoms with Crippen LogP contribution in [0.25, 0.3) is 0 Å². The smallest absolute Gasteiger partial charge is 0.0628 e. The van der Waals surface area contributed by atoms with Crippen molar-refractivity contribution in [3.63, 3.8) is 0 Å². The van der Waals surface area contributed by atoms with Gasteiger partial charge >= 0.3 is 0 Å². The van der Waals surface area contributed by atoms with Gasteiger partial charge < -0.3 is 10.1 Å². The van der Waals surface area contributed by atoms with Crippen LogP contribution in [0.15, 0.2) is 0 Å². The van der Waals surface area contributed by atoms with Crippen LogP contribution in [-0.2, 0) is 17.7 Å². The fourth-order valence-electron chi connectivity index (χ4n) is 2.67. The number of hydrogen-bond acceptors (Lipinski definition) is 3. The van der Waals surface area contributed by atoms with Crippen molar-refractivity contribution in [1.82, 2.24) is 15.1 Å². The third-order valence-electron chi connectivity index (χ3n) is 3.83. The fraction of sp³-hybridized carbons (Fsp3) is 0.812. The molecule has 1 N–H and O–H groups in total. The first-order valence-corrected chi connectivity index (χ1v) is 7.82. The normalized spacial score (nSPS) is 12.8. The second-order valence-electron chi connectivity index (χ2n) is 5.72. The molecule has 0 bridgehead atoms. The number of ether oxygens (including phenoxy) is 1. The van der Waals surface area contributed by atoms with Gasteiger partial charge in [-0.2, -0.15) is 5.10 Å². The van der Waals surface area contributed by atoms with Gasteiger partial charge in [0.2, 0.25) is 0 Å². The Morgan fingerprint density at radius 2 is 2.05 bits per heavy atom. The van der Waals surface area contributed by atoms with E-state index in [9.17, 15) is 0 Å². The van der Waals surface area contributed by atoms with E-state index in [1.54, 1.807) is 7.11 Å². The van der Waals surface area contributed by atoms with Gasteiger partial charge in [-0.15, -0.1) is 0 Å². The Hall–Kier alpha value is -0.870. The van der Waals surface area contributed by atoms with E-state index in [0.29, 0.717) is 5.92 Å². The lowest BCUT2D eigenvalue weighted by Crippen LogP contribution is -2.22. The molecule has 0 spiro atoms. The summed E-state index contributed by atoms with van der Waals surface area (Å²) < 4.78 is 7.23. The quantitative estimate of drug-likeness (QED) is 0.670. The monoisotopic (exact) mass is 281 g/mol. The van der Waals surface area contributed by atoms with E-state index in [4.69, 9.17) is 9.84 Å². The van der Waals surface area contributed by atoms with Crippen molar-refractivity contribution in [2.75, 3.05) is 26.8 Å². The summed E-state index contributed by atoms with van der Waals surface area (Å²) in [4.78, 5) is 0.